The minimum Gasteiger partial charge on any atom is -0.444 e. The van der Waals surface area contributed by atoms with E-state index in [-0.39, 0.29) is 6.09 Å². The smallest absolute Gasteiger partial charge is 0.410 e. The molecule has 0 saturated carbocycles. The van der Waals surface area contributed by atoms with Crippen LogP contribution in [0.3, 0.4) is 0 Å². The van der Waals surface area contributed by atoms with Gasteiger partial charge in [-0.3, -0.25) is 0 Å². The summed E-state index contributed by atoms with van der Waals surface area (Å²) in [7, 11) is 2.01. The van der Waals surface area contributed by atoms with Crippen molar-refractivity contribution in [1.29, 1.82) is 0 Å². The van der Waals surface area contributed by atoms with Crippen LogP contribution in [-0.4, -0.2) is 41.8 Å². The van der Waals surface area contributed by atoms with Gasteiger partial charge in [-0.15, -0.1) is 0 Å². The zero-order chi connectivity index (χ0) is 12.6. The highest BCUT2D eigenvalue weighted by atomic mass is 16.6. The largest absolute Gasteiger partial charge is 0.444 e. The molecule has 1 N–H and O–H groups in total. The van der Waals surface area contributed by atoms with E-state index >= 15 is 0 Å². The number of amides is 1. The van der Waals surface area contributed by atoms with Gasteiger partial charge in [-0.05, 0) is 53.5 Å². The predicted octanol–water partition coefficient (Wildman–Crippen LogP) is 2.14. The normalized spacial score (nSPS) is 32.7. The lowest BCUT2D eigenvalue weighted by molar-refractivity contribution is 0.00503. The first-order valence-electron chi connectivity index (χ1n) is 6.59. The SMILES string of the molecule is CNC1C[C@H]2CC[C@@H](C1)N2C(=O)OC(C)(C)C. The number of carbonyl (C=O) groups is 1. The molecule has 0 aliphatic carbocycles. The van der Waals surface area contributed by atoms with Gasteiger partial charge >= 0.3 is 6.09 Å². The summed E-state index contributed by atoms with van der Waals surface area (Å²) in [6.07, 6.45) is 4.25. The van der Waals surface area contributed by atoms with Crippen molar-refractivity contribution in [3.8, 4) is 0 Å². The Kier molecular flexibility index (Phi) is 3.34. The van der Waals surface area contributed by atoms with Gasteiger partial charge in [-0.25, -0.2) is 4.79 Å². The van der Waals surface area contributed by atoms with E-state index in [9.17, 15) is 4.79 Å². The van der Waals surface area contributed by atoms with E-state index in [1.807, 2.05) is 32.7 Å². The maximum Gasteiger partial charge on any atom is 0.410 e. The van der Waals surface area contributed by atoms with Crippen LogP contribution in [0, 0.1) is 0 Å². The standard InChI is InChI=1S/C13H24N2O2/c1-13(2,3)17-12(16)15-10-5-6-11(15)8-9(7-10)14-4/h9-11,14H,5-8H2,1-4H3/t9?,10-,11+. The van der Waals surface area contributed by atoms with E-state index < -0.39 is 5.60 Å². The Balaban J connectivity index is 2.01. The van der Waals surface area contributed by atoms with Gasteiger partial charge in [0.2, 0.25) is 0 Å². The molecule has 2 fully saturated rings. The molecule has 0 aromatic carbocycles. The minimum absolute atomic E-state index is 0.125. The van der Waals surface area contributed by atoms with Crippen molar-refractivity contribution in [3.63, 3.8) is 0 Å². The van der Waals surface area contributed by atoms with Crippen molar-refractivity contribution in [3.05, 3.63) is 0 Å². The summed E-state index contributed by atoms with van der Waals surface area (Å²) in [5, 5.41) is 3.33. The molecule has 0 aromatic heterocycles. The Bertz CT molecular complexity index is 284. The molecule has 98 valence electrons. The maximum absolute atomic E-state index is 12.2. The molecular weight excluding hydrogens is 216 g/mol. The highest BCUT2D eigenvalue weighted by Gasteiger charge is 2.44. The second kappa shape index (κ2) is 4.48. The summed E-state index contributed by atoms with van der Waals surface area (Å²) >= 11 is 0. The van der Waals surface area contributed by atoms with Crippen LogP contribution in [0.25, 0.3) is 0 Å². The molecule has 2 rings (SSSR count). The number of ether oxygens (including phenoxy) is 1. The second-order valence-electron chi connectivity index (χ2n) is 6.23. The van der Waals surface area contributed by atoms with Crippen molar-refractivity contribution in [1.82, 2.24) is 10.2 Å². The fourth-order valence-corrected chi connectivity index (χ4v) is 3.03. The average Bonchev–Trinajstić information content (AvgIpc) is 2.47. The number of piperidine rings is 1. The Morgan fingerprint density at radius 1 is 1.24 bits per heavy atom. The molecule has 2 heterocycles. The molecule has 4 heteroatoms. The van der Waals surface area contributed by atoms with Crippen LogP contribution in [-0.2, 0) is 4.74 Å². The first-order valence-corrected chi connectivity index (χ1v) is 6.59. The van der Waals surface area contributed by atoms with Crippen molar-refractivity contribution in [2.45, 2.75) is 70.2 Å². The number of nitrogens with zero attached hydrogens (tertiary/aromatic N) is 1. The molecule has 1 unspecified atom stereocenters. The van der Waals surface area contributed by atoms with Crippen LogP contribution >= 0.6 is 0 Å². The summed E-state index contributed by atoms with van der Waals surface area (Å²) < 4.78 is 5.49. The van der Waals surface area contributed by atoms with E-state index in [2.05, 4.69) is 5.32 Å². The second-order valence-corrected chi connectivity index (χ2v) is 6.23. The molecule has 4 nitrogen and oxygen atoms in total. The van der Waals surface area contributed by atoms with Crippen molar-refractivity contribution < 1.29 is 9.53 Å². The van der Waals surface area contributed by atoms with E-state index in [0.717, 1.165) is 25.7 Å². The fraction of sp³-hybridized carbons (Fsp3) is 0.923. The summed E-state index contributed by atoms with van der Waals surface area (Å²) in [5.41, 5.74) is -0.392. The number of nitrogens with one attached hydrogen (secondary N) is 1. The van der Waals surface area contributed by atoms with E-state index in [1.54, 1.807) is 0 Å². The first-order chi connectivity index (χ1) is 7.90. The number of hydrogen-bond acceptors (Lipinski definition) is 3. The van der Waals surface area contributed by atoms with Gasteiger partial charge in [-0.2, -0.15) is 0 Å². The molecule has 3 atom stereocenters. The lowest BCUT2D eigenvalue weighted by Crippen LogP contribution is -2.52. The van der Waals surface area contributed by atoms with Gasteiger partial charge in [0.05, 0.1) is 0 Å². The monoisotopic (exact) mass is 240 g/mol. The molecule has 0 radical (unpaired) electrons. The molecule has 0 aromatic rings. The maximum atomic E-state index is 12.2. The predicted molar refractivity (Wildman–Crippen MR) is 67.0 cm³/mol. The van der Waals surface area contributed by atoms with Gasteiger partial charge in [0.25, 0.3) is 0 Å². The van der Waals surface area contributed by atoms with Crippen molar-refractivity contribution >= 4 is 6.09 Å². The molecule has 2 saturated heterocycles. The van der Waals surface area contributed by atoms with Gasteiger partial charge in [0.15, 0.2) is 0 Å². The fourth-order valence-electron chi connectivity index (χ4n) is 3.03. The van der Waals surface area contributed by atoms with Crippen LogP contribution in [0.1, 0.15) is 46.5 Å². The van der Waals surface area contributed by atoms with Crippen LogP contribution in [0.15, 0.2) is 0 Å². The van der Waals surface area contributed by atoms with Gasteiger partial charge < -0.3 is 15.0 Å². The number of fused-ring (bicyclic) bond motifs is 2. The lowest BCUT2D eigenvalue weighted by atomic mass is 9.98. The van der Waals surface area contributed by atoms with Crippen molar-refractivity contribution in [2.75, 3.05) is 7.05 Å². The number of hydrogen-bond donors (Lipinski definition) is 1. The summed E-state index contributed by atoms with van der Waals surface area (Å²) in [5.74, 6) is 0. The third-order valence-electron chi connectivity index (χ3n) is 3.75. The van der Waals surface area contributed by atoms with Crippen LogP contribution < -0.4 is 5.32 Å². The zero-order valence-corrected chi connectivity index (χ0v) is 11.3. The third kappa shape index (κ3) is 2.73. The summed E-state index contributed by atoms with van der Waals surface area (Å²) in [6, 6.07) is 1.31. The molecule has 2 bridgehead atoms. The van der Waals surface area contributed by atoms with Crippen LogP contribution in [0.2, 0.25) is 0 Å². The molecule has 17 heavy (non-hydrogen) atoms. The van der Waals surface area contributed by atoms with E-state index in [0.29, 0.717) is 18.1 Å². The first kappa shape index (κ1) is 12.7. The quantitative estimate of drug-likeness (QED) is 0.763. The van der Waals surface area contributed by atoms with Gasteiger partial charge in [0.1, 0.15) is 5.60 Å². The summed E-state index contributed by atoms with van der Waals surface area (Å²) in [4.78, 5) is 14.1. The Morgan fingerprint density at radius 2 is 1.76 bits per heavy atom. The van der Waals surface area contributed by atoms with E-state index in [1.165, 1.54) is 0 Å². The Hall–Kier alpha value is -0.770. The number of rotatable bonds is 1. The topological polar surface area (TPSA) is 41.6 Å². The highest BCUT2D eigenvalue weighted by molar-refractivity contribution is 5.69. The zero-order valence-electron chi connectivity index (χ0n) is 11.3. The Morgan fingerprint density at radius 3 is 2.18 bits per heavy atom. The molecule has 2 aliphatic heterocycles. The lowest BCUT2D eigenvalue weighted by Gasteiger charge is -2.39. The van der Waals surface area contributed by atoms with E-state index in [4.69, 9.17) is 4.74 Å². The molecular formula is C13H24N2O2. The number of carbonyl (C=O) groups excluding carboxylic acids is 1. The third-order valence-corrected chi connectivity index (χ3v) is 3.75. The van der Waals surface area contributed by atoms with Crippen molar-refractivity contribution in [2.24, 2.45) is 0 Å². The van der Waals surface area contributed by atoms with Crippen LogP contribution in [0.4, 0.5) is 4.79 Å². The van der Waals surface area contributed by atoms with Gasteiger partial charge in [-0.1, -0.05) is 0 Å². The Labute approximate surface area is 104 Å². The highest BCUT2D eigenvalue weighted by Crippen LogP contribution is 2.36. The van der Waals surface area contributed by atoms with Gasteiger partial charge in [0, 0.05) is 18.1 Å². The minimum atomic E-state index is -0.392. The average molecular weight is 240 g/mol. The summed E-state index contributed by atoms with van der Waals surface area (Å²) in [6.45, 7) is 5.77. The molecule has 1 amide bonds. The van der Waals surface area contributed by atoms with Crippen LogP contribution in [0.5, 0.6) is 0 Å². The molecule has 0 spiro atoms. The molecule has 2 aliphatic rings.